The van der Waals surface area contributed by atoms with Crippen LogP contribution in [-0.4, -0.2) is 37.2 Å². The molecule has 1 aromatic carbocycles. The molecule has 0 aliphatic heterocycles. The molecule has 0 radical (unpaired) electrons. The number of fused-ring (bicyclic) bond motifs is 1. The predicted molar refractivity (Wildman–Crippen MR) is 97.0 cm³/mol. The molecule has 0 unspecified atom stereocenters. The van der Waals surface area contributed by atoms with E-state index in [-0.39, 0.29) is 12.5 Å². The molecule has 0 saturated carbocycles. The van der Waals surface area contributed by atoms with Crippen LogP contribution in [0.1, 0.15) is 29.4 Å². The molecule has 0 atom stereocenters. The van der Waals surface area contributed by atoms with E-state index in [1.807, 2.05) is 25.1 Å². The van der Waals surface area contributed by atoms with Gasteiger partial charge in [-0.2, -0.15) is 0 Å². The summed E-state index contributed by atoms with van der Waals surface area (Å²) in [4.78, 5) is 23.8. The molecule has 0 saturated heterocycles. The molecule has 25 heavy (non-hydrogen) atoms. The van der Waals surface area contributed by atoms with Gasteiger partial charge in [0.05, 0.1) is 19.8 Å². The number of hydrogen-bond donors (Lipinski definition) is 1. The van der Waals surface area contributed by atoms with E-state index in [9.17, 15) is 9.59 Å². The molecule has 0 spiro atoms. The molecule has 1 heterocycles. The van der Waals surface area contributed by atoms with Crippen molar-refractivity contribution in [3.8, 4) is 5.75 Å². The molecule has 6 nitrogen and oxygen atoms in total. The number of rotatable bonds is 7. The van der Waals surface area contributed by atoms with E-state index in [4.69, 9.17) is 4.74 Å². The number of methoxy groups -OCH3 is 2. The van der Waals surface area contributed by atoms with Crippen molar-refractivity contribution in [3.63, 3.8) is 0 Å². The molecular formula is C19H24N2O4. The molecule has 134 valence electrons. The van der Waals surface area contributed by atoms with Gasteiger partial charge in [-0.1, -0.05) is 13.0 Å². The second-order valence-electron chi connectivity index (χ2n) is 5.63. The first-order chi connectivity index (χ1) is 12.0. The van der Waals surface area contributed by atoms with Crippen LogP contribution in [0, 0.1) is 6.92 Å². The quantitative estimate of drug-likeness (QED) is 0.619. The Balaban J connectivity index is 2.35. The lowest BCUT2D eigenvalue weighted by Gasteiger charge is -2.07. The number of ether oxygens (including phenoxy) is 2. The first-order valence-electron chi connectivity index (χ1n) is 8.23. The number of nitrogens with zero attached hydrogens (tertiary/aromatic N) is 1. The molecule has 1 amide bonds. The number of aryl methyl sites for hydroxylation is 1. The molecule has 1 N–H and O–H groups in total. The van der Waals surface area contributed by atoms with Gasteiger partial charge in [-0.05, 0) is 31.5 Å². The Morgan fingerprint density at radius 1 is 1.28 bits per heavy atom. The largest absolute Gasteiger partial charge is 0.497 e. The number of benzene rings is 1. The molecule has 2 rings (SSSR count). The van der Waals surface area contributed by atoms with Crippen molar-refractivity contribution in [2.24, 2.45) is 0 Å². The van der Waals surface area contributed by atoms with Crippen LogP contribution in [0.25, 0.3) is 10.9 Å². The van der Waals surface area contributed by atoms with Crippen LogP contribution in [-0.2, 0) is 16.1 Å². The maximum Gasteiger partial charge on any atom is 0.330 e. The lowest BCUT2D eigenvalue weighted by Crippen LogP contribution is -2.24. The van der Waals surface area contributed by atoms with E-state index in [2.05, 4.69) is 21.5 Å². The first-order valence-corrected chi connectivity index (χ1v) is 8.23. The van der Waals surface area contributed by atoms with E-state index in [0.717, 1.165) is 29.6 Å². The molecule has 0 bridgehead atoms. The molecule has 0 aliphatic rings. The van der Waals surface area contributed by atoms with Gasteiger partial charge in [0.1, 0.15) is 5.75 Å². The zero-order chi connectivity index (χ0) is 18.4. The number of aromatic nitrogens is 1. The molecule has 1 aromatic heterocycles. The van der Waals surface area contributed by atoms with Crippen molar-refractivity contribution in [2.45, 2.75) is 26.8 Å². The second kappa shape index (κ2) is 8.37. The fourth-order valence-corrected chi connectivity index (χ4v) is 2.85. The minimum atomic E-state index is -0.449. The lowest BCUT2D eigenvalue weighted by atomic mass is 10.1. The van der Waals surface area contributed by atoms with Crippen LogP contribution in [0.2, 0.25) is 0 Å². The van der Waals surface area contributed by atoms with Gasteiger partial charge in [0.25, 0.3) is 5.91 Å². The maximum atomic E-state index is 12.7. The lowest BCUT2D eigenvalue weighted by molar-refractivity contribution is -0.134. The monoisotopic (exact) mass is 344 g/mol. The van der Waals surface area contributed by atoms with Crippen molar-refractivity contribution in [1.82, 2.24) is 9.88 Å². The zero-order valence-electron chi connectivity index (χ0n) is 15.1. The van der Waals surface area contributed by atoms with Crippen molar-refractivity contribution < 1.29 is 19.1 Å². The van der Waals surface area contributed by atoms with E-state index in [1.54, 1.807) is 13.2 Å². The molecule has 0 aliphatic carbocycles. The van der Waals surface area contributed by atoms with Crippen molar-refractivity contribution in [2.75, 3.05) is 20.8 Å². The van der Waals surface area contributed by atoms with Crippen LogP contribution in [0.4, 0.5) is 0 Å². The summed E-state index contributed by atoms with van der Waals surface area (Å²) in [6.45, 7) is 5.13. The SMILES string of the molecule is CCCn1c(C)c(C(=O)NC/C=C/C(=O)OC)c2cc(OC)ccc21. The second-order valence-corrected chi connectivity index (χ2v) is 5.63. The van der Waals surface area contributed by atoms with E-state index >= 15 is 0 Å². The van der Waals surface area contributed by atoms with Gasteiger partial charge < -0.3 is 19.4 Å². The maximum absolute atomic E-state index is 12.7. The summed E-state index contributed by atoms with van der Waals surface area (Å²) in [6, 6.07) is 5.76. The highest BCUT2D eigenvalue weighted by Crippen LogP contribution is 2.29. The van der Waals surface area contributed by atoms with Crippen LogP contribution >= 0.6 is 0 Å². The molecule has 0 fully saturated rings. The van der Waals surface area contributed by atoms with Gasteiger partial charge >= 0.3 is 5.97 Å². The molecule has 6 heteroatoms. The van der Waals surface area contributed by atoms with Crippen LogP contribution in [0.3, 0.4) is 0 Å². The van der Waals surface area contributed by atoms with E-state index in [1.165, 1.54) is 13.2 Å². The minimum absolute atomic E-state index is 0.180. The first kappa shape index (κ1) is 18.6. The van der Waals surface area contributed by atoms with Gasteiger partial charge in [-0.15, -0.1) is 0 Å². The van der Waals surface area contributed by atoms with Gasteiger partial charge in [-0.25, -0.2) is 4.79 Å². The normalized spacial score (nSPS) is 11.0. The summed E-state index contributed by atoms with van der Waals surface area (Å²) < 4.78 is 12.0. The Bertz CT molecular complexity index is 805. The minimum Gasteiger partial charge on any atom is -0.497 e. The third-order valence-corrected chi connectivity index (χ3v) is 4.04. The smallest absolute Gasteiger partial charge is 0.330 e. The number of hydrogen-bond acceptors (Lipinski definition) is 4. The number of amides is 1. The highest BCUT2D eigenvalue weighted by molar-refractivity contribution is 6.08. The Hall–Kier alpha value is -2.76. The van der Waals surface area contributed by atoms with Gasteiger partial charge in [-0.3, -0.25) is 4.79 Å². The Labute approximate surface area is 147 Å². The standard InChI is InChI=1S/C19H24N2O4/c1-5-11-21-13(2)18(15-12-14(24-3)8-9-16(15)21)19(23)20-10-6-7-17(22)25-4/h6-9,12H,5,10-11H2,1-4H3,(H,20,23)/b7-6+. The van der Waals surface area contributed by atoms with E-state index < -0.39 is 5.97 Å². The van der Waals surface area contributed by atoms with Gasteiger partial charge in [0, 0.05) is 35.8 Å². The highest BCUT2D eigenvalue weighted by atomic mass is 16.5. The predicted octanol–water partition coefficient (Wildman–Crippen LogP) is 2.83. The van der Waals surface area contributed by atoms with Crippen molar-refractivity contribution >= 4 is 22.8 Å². The number of carbonyl (C=O) groups excluding carboxylic acids is 2. The van der Waals surface area contributed by atoms with Gasteiger partial charge in [0.15, 0.2) is 0 Å². The Kier molecular flexibility index (Phi) is 6.22. The van der Waals surface area contributed by atoms with Gasteiger partial charge in [0.2, 0.25) is 0 Å². The molecule has 2 aromatic rings. The summed E-state index contributed by atoms with van der Waals surface area (Å²) in [5.41, 5.74) is 2.56. The molecular weight excluding hydrogens is 320 g/mol. The third kappa shape index (κ3) is 4.02. The topological polar surface area (TPSA) is 69.6 Å². The summed E-state index contributed by atoms with van der Waals surface area (Å²) in [5, 5.41) is 3.68. The third-order valence-electron chi connectivity index (χ3n) is 4.04. The van der Waals surface area contributed by atoms with Crippen molar-refractivity contribution in [3.05, 3.63) is 41.6 Å². The number of esters is 1. The number of carbonyl (C=O) groups is 2. The van der Waals surface area contributed by atoms with Crippen LogP contribution in [0.15, 0.2) is 30.4 Å². The van der Waals surface area contributed by atoms with E-state index in [0.29, 0.717) is 11.3 Å². The Morgan fingerprint density at radius 2 is 2.04 bits per heavy atom. The van der Waals surface area contributed by atoms with Crippen LogP contribution < -0.4 is 10.1 Å². The summed E-state index contributed by atoms with van der Waals surface area (Å²) in [7, 11) is 2.92. The average molecular weight is 344 g/mol. The average Bonchev–Trinajstić information content (AvgIpc) is 2.89. The fourth-order valence-electron chi connectivity index (χ4n) is 2.85. The summed E-state index contributed by atoms with van der Waals surface area (Å²) in [6.07, 6.45) is 3.82. The summed E-state index contributed by atoms with van der Waals surface area (Å²) >= 11 is 0. The zero-order valence-corrected chi connectivity index (χ0v) is 15.1. The highest BCUT2D eigenvalue weighted by Gasteiger charge is 2.19. The number of nitrogens with one attached hydrogen (secondary N) is 1. The summed E-state index contributed by atoms with van der Waals surface area (Å²) in [5.74, 6) is 0.0793. The van der Waals surface area contributed by atoms with Crippen LogP contribution in [0.5, 0.6) is 5.75 Å². The van der Waals surface area contributed by atoms with Crippen molar-refractivity contribution in [1.29, 1.82) is 0 Å². The fraction of sp³-hybridized carbons (Fsp3) is 0.368. The Morgan fingerprint density at radius 3 is 2.68 bits per heavy atom.